The first kappa shape index (κ1) is 13.0. The van der Waals surface area contributed by atoms with E-state index in [0.717, 1.165) is 11.3 Å². The molecule has 0 aliphatic heterocycles. The van der Waals surface area contributed by atoms with Crippen molar-refractivity contribution in [3.8, 4) is 0 Å². The Hall–Kier alpha value is -2.41. The van der Waals surface area contributed by atoms with E-state index in [1.54, 1.807) is 11.4 Å². The highest BCUT2D eigenvalue weighted by molar-refractivity contribution is 7.14. The van der Waals surface area contributed by atoms with Crippen molar-refractivity contribution >= 4 is 34.0 Å². The Labute approximate surface area is 112 Å². The number of amides is 3. The predicted octanol–water partition coefficient (Wildman–Crippen LogP) is 2.63. The first-order valence-electron chi connectivity index (χ1n) is 5.28. The molecular weight excluding hydrogens is 269 g/mol. The largest absolute Gasteiger partial charge is 0.366 e. The lowest BCUT2D eigenvalue weighted by atomic mass is 10.3. The van der Waals surface area contributed by atoms with E-state index in [0.29, 0.717) is 5.00 Å². The van der Waals surface area contributed by atoms with E-state index in [-0.39, 0.29) is 11.3 Å². The van der Waals surface area contributed by atoms with E-state index in [1.807, 2.05) is 0 Å². The van der Waals surface area contributed by atoms with Gasteiger partial charge in [0.1, 0.15) is 10.8 Å². The molecule has 0 bridgehead atoms. The molecule has 1 aromatic carbocycles. The smallest absolute Gasteiger partial charge is 0.324 e. The fourth-order valence-corrected chi connectivity index (χ4v) is 2.21. The van der Waals surface area contributed by atoms with Crippen LogP contribution in [-0.4, -0.2) is 11.9 Å². The van der Waals surface area contributed by atoms with Gasteiger partial charge in [0.2, 0.25) is 0 Å². The van der Waals surface area contributed by atoms with E-state index in [9.17, 15) is 14.0 Å². The number of rotatable bonds is 3. The number of anilines is 2. The van der Waals surface area contributed by atoms with Gasteiger partial charge in [-0.2, -0.15) is 0 Å². The summed E-state index contributed by atoms with van der Waals surface area (Å²) in [6.45, 7) is 0. The zero-order valence-electron chi connectivity index (χ0n) is 9.64. The minimum Gasteiger partial charge on any atom is -0.366 e. The van der Waals surface area contributed by atoms with Gasteiger partial charge in [-0.25, -0.2) is 9.18 Å². The molecule has 0 radical (unpaired) electrons. The second-order valence-corrected chi connectivity index (χ2v) is 4.50. The average Bonchev–Trinajstić information content (AvgIpc) is 2.80. The van der Waals surface area contributed by atoms with Crippen molar-refractivity contribution in [2.45, 2.75) is 0 Å². The lowest BCUT2D eigenvalue weighted by Crippen LogP contribution is -2.21. The molecule has 0 unspecified atom stereocenters. The maximum atomic E-state index is 13.3. The number of nitrogens with two attached hydrogens (primary N) is 1. The summed E-state index contributed by atoms with van der Waals surface area (Å²) in [5.74, 6) is -1.18. The fourth-order valence-electron chi connectivity index (χ4n) is 1.42. The highest BCUT2D eigenvalue weighted by Gasteiger charge is 2.13. The second-order valence-electron chi connectivity index (χ2n) is 3.59. The minimum absolute atomic E-state index is 0.0529. The van der Waals surface area contributed by atoms with E-state index in [1.165, 1.54) is 24.3 Å². The molecule has 0 aliphatic carbocycles. The van der Waals surface area contributed by atoms with Crippen LogP contribution in [0.3, 0.4) is 0 Å². The van der Waals surface area contributed by atoms with Crippen LogP contribution in [0.5, 0.6) is 0 Å². The number of hydrogen-bond acceptors (Lipinski definition) is 3. The van der Waals surface area contributed by atoms with Crippen molar-refractivity contribution < 1.29 is 14.0 Å². The number of thiophene rings is 1. The zero-order chi connectivity index (χ0) is 13.8. The third-order valence-electron chi connectivity index (χ3n) is 2.28. The molecule has 0 atom stereocenters. The van der Waals surface area contributed by atoms with Crippen molar-refractivity contribution in [3.05, 3.63) is 47.1 Å². The third kappa shape index (κ3) is 3.08. The highest BCUT2D eigenvalue weighted by Crippen LogP contribution is 2.23. The SMILES string of the molecule is NC(=O)c1ccsc1NC(=O)Nc1ccccc1F. The summed E-state index contributed by atoms with van der Waals surface area (Å²) in [4.78, 5) is 22.7. The first-order valence-corrected chi connectivity index (χ1v) is 6.15. The Kier molecular flexibility index (Phi) is 3.76. The van der Waals surface area contributed by atoms with Crippen LogP contribution < -0.4 is 16.4 Å². The van der Waals surface area contributed by atoms with E-state index in [4.69, 9.17) is 5.73 Å². The molecule has 3 amide bonds. The molecule has 5 nitrogen and oxygen atoms in total. The Morgan fingerprint density at radius 3 is 2.58 bits per heavy atom. The quantitative estimate of drug-likeness (QED) is 0.807. The van der Waals surface area contributed by atoms with Gasteiger partial charge in [0.15, 0.2) is 0 Å². The molecule has 98 valence electrons. The second kappa shape index (κ2) is 5.49. The van der Waals surface area contributed by atoms with Crippen molar-refractivity contribution in [3.63, 3.8) is 0 Å². The van der Waals surface area contributed by atoms with Gasteiger partial charge < -0.3 is 11.1 Å². The monoisotopic (exact) mass is 279 g/mol. The number of carbonyl (C=O) groups is 2. The number of hydrogen-bond donors (Lipinski definition) is 3. The average molecular weight is 279 g/mol. The molecule has 0 saturated carbocycles. The summed E-state index contributed by atoms with van der Waals surface area (Å²) in [5, 5.41) is 6.74. The summed E-state index contributed by atoms with van der Waals surface area (Å²) < 4.78 is 13.3. The first-order chi connectivity index (χ1) is 9.08. The van der Waals surface area contributed by atoms with Gasteiger partial charge in [0, 0.05) is 0 Å². The summed E-state index contributed by atoms with van der Waals surface area (Å²) in [6.07, 6.45) is 0. The van der Waals surface area contributed by atoms with Gasteiger partial charge in [-0.05, 0) is 23.6 Å². The van der Waals surface area contributed by atoms with E-state index < -0.39 is 17.8 Å². The number of para-hydroxylation sites is 1. The molecule has 1 aromatic heterocycles. The highest BCUT2D eigenvalue weighted by atomic mass is 32.1. The number of nitrogens with one attached hydrogen (secondary N) is 2. The molecule has 7 heteroatoms. The normalized spacial score (nSPS) is 9.95. The summed E-state index contributed by atoms with van der Waals surface area (Å²) in [7, 11) is 0. The van der Waals surface area contributed by atoms with Gasteiger partial charge in [-0.3, -0.25) is 10.1 Å². The van der Waals surface area contributed by atoms with Crippen LogP contribution in [0.25, 0.3) is 0 Å². The number of benzene rings is 1. The number of primary amides is 1. The molecule has 0 spiro atoms. The van der Waals surface area contributed by atoms with Gasteiger partial charge >= 0.3 is 6.03 Å². The van der Waals surface area contributed by atoms with Gasteiger partial charge in [-0.15, -0.1) is 11.3 Å². The van der Waals surface area contributed by atoms with Crippen LogP contribution >= 0.6 is 11.3 Å². The van der Waals surface area contributed by atoms with E-state index >= 15 is 0 Å². The van der Waals surface area contributed by atoms with Crippen molar-refractivity contribution in [1.82, 2.24) is 0 Å². The molecule has 0 aliphatic rings. The Bertz CT molecular complexity index is 627. The molecule has 4 N–H and O–H groups in total. The third-order valence-corrected chi connectivity index (χ3v) is 3.11. The summed E-state index contributed by atoms with van der Waals surface area (Å²) >= 11 is 1.15. The number of urea groups is 1. The lowest BCUT2D eigenvalue weighted by Gasteiger charge is -2.07. The van der Waals surface area contributed by atoms with Crippen molar-refractivity contribution in [2.75, 3.05) is 10.6 Å². The summed E-state index contributed by atoms with van der Waals surface area (Å²) in [6, 6.07) is 6.64. The maximum absolute atomic E-state index is 13.3. The molecule has 2 aromatic rings. The van der Waals surface area contributed by atoms with Gasteiger partial charge in [0.25, 0.3) is 5.91 Å². The fraction of sp³-hybridized carbons (Fsp3) is 0. The number of carbonyl (C=O) groups excluding carboxylic acids is 2. The Balaban J connectivity index is 2.08. The Morgan fingerprint density at radius 1 is 1.16 bits per heavy atom. The van der Waals surface area contributed by atoms with E-state index in [2.05, 4.69) is 10.6 Å². The van der Waals surface area contributed by atoms with Crippen LogP contribution in [0, 0.1) is 5.82 Å². The summed E-state index contributed by atoms with van der Waals surface area (Å²) in [5.41, 5.74) is 5.42. The molecule has 0 fully saturated rings. The van der Waals surface area contributed by atoms with Crippen LogP contribution in [0.4, 0.5) is 19.9 Å². The number of halogens is 1. The molecule has 1 heterocycles. The topological polar surface area (TPSA) is 84.2 Å². The van der Waals surface area contributed by atoms with Crippen LogP contribution in [0.15, 0.2) is 35.7 Å². The van der Waals surface area contributed by atoms with Crippen LogP contribution in [-0.2, 0) is 0 Å². The van der Waals surface area contributed by atoms with Gasteiger partial charge in [0.05, 0.1) is 11.3 Å². The minimum atomic E-state index is -0.643. The van der Waals surface area contributed by atoms with Crippen molar-refractivity contribution in [1.29, 1.82) is 0 Å². The predicted molar refractivity (Wildman–Crippen MR) is 71.9 cm³/mol. The molecule has 2 rings (SSSR count). The maximum Gasteiger partial charge on any atom is 0.324 e. The van der Waals surface area contributed by atoms with Crippen LogP contribution in [0.2, 0.25) is 0 Å². The standard InChI is InChI=1S/C12H10FN3O2S/c13-8-3-1-2-4-9(8)15-12(18)16-11-7(10(14)17)5-6-19-11/h1-6H,(H2,14,17)(H2,15,16,18). The lowest BCUT2D eigenvalue weighted by molar-refractivity contribution is 0.100. The molecule has 19 heavy (non-hydrogen) atoms. The Morgan fingerprint density at radius 2 is 1.89 bits per heavy atom. The zero-order valence-corrected chi connectivity index (χ0v) is 10.5. The van der Waals surface area contributed by atoms with Gasteiger partial charge in [-0.1, -0.05) is 12.1 Å². The molecular formula is C12H10FN3O2S. The molecule has 0 saturated heterocycles. The van der Waals surface area contributed by atoms with Crippen LogP contribution in [0.1, 0.15) is 10.4 Å². The van der Waals surface area contributed by atoms with Crippen molar-refractivity contribution in [2.24, 2.45) is 5.73 Å².